The summed E-state index contributed by atoms with van der Waals surface area (Å²) in [5.41, 5.74) is 0. The summed E-state index contributed by atoms with van der Waals surface area (Å²) >= 11 is 0. The molecule has 144 valence electrons. The Balaban J connectivity index is 0.00000338. The molecule has 0 aliphatic carbocycles. The lowest BCUT2D eigenvalue weighted by Crippen LogP contribution is -2.39. The summed E-state index contributed by atoms with van der Waals surface area (Å²) < 4.78 is 12.7. The lowest BCUT2D eigenvalue weighted by Gasteiger charge is -2.21. The fraction of sp³-hybridized carbons (Fsp3) is 0.471. The van der Waals surface area contributed by atoms with Gasteiger partial charge in [0.1, 0.15) is 23.7 Å². The van der Waals surface area contributed by atoms with E-state index in [1.807, 2.05) is 43.3 Å². The number of aromatic nitrogens is 3. The molecule has 2 aromatic rings. The summed E-state index contributed by atoms with van der Waals surface area (Å²) in [5.74, 6) is 3.29. The van der Waals surface area contributed by atoms with Crippen molar-refractivity contribution in [3.05, 3.63) is 36.4 Å². The lowest BCUT2D eigenvalue weighted by molar-refractivity contribution is 0.307. The molecule has 0 saturated carbocycles. The number of rotatable bonds is 8. The molecule has 0 bridgehead atoms. The summed E-state index contributed by atoms with van der Waals surface area (Å²) in [5, 5.41) is 7.40. The van der Waals surface area contributed by atoms with E-state index in [1.165, 1.54) is 0 Å². The molecular formula is C17H27IN6O2. The SMILES string of the molecule is CN=C(NCCCOc1cccc(OC)c1)N(C)Cc1ncnn1C.I. The Hall–Kier alpha value is -2.04. The molecule has 2 rings (SSSR count). The second-order valence-electron chi connectivity index (χ2n) is 5.51. The molecule has 1 aromatic heterocycles. The quantitative estimate of drug-likeness (QED) is 0.273. The number of nitrogens with one attached hydrogen (secondary N) is 1. The first-order valence-electron chi connectivity index (χ1n) is 8.15. The largest absolute Gasteiger partial charge is 0.497 e. The highest BCUT2D eigenvalue weighted by Crippen LogP contribution is 2.18. The van der Waals surface area contributed by atoms with E-state index in [1.54, 1.807) is 25.2 Å². The van der Waals surface area contributed by atoms with Crippen LogP contribution in [0.25, 0.3) is 0 Å². The zero-order valence-corrected chi connectivity index (χ0v) is 18.0. The minimum atomic E-state index is 0. The van der Waals surface area contributed by atoms with Gasteiger partial charge in [-0.1, -0.05) is 6.07 Å². The Kier molecular flexibility index (Phi) is 9.78. The number of hydrogen-bond donors (Lipinski definition) is 1. The minimum Gasteiger partial charge on any atom is -0.497 e. The molecule has 1 heterocycles. The van der Waals surface area contributed by atoms with E-state index >= 15 is 0 Å². The summed E-state index contributed by atoms with van der Waals surface area (Å²) in [7, 11) is 7.26. The van der Waals surface area contributed by atoms with Crippen LogP contribution in [0.4, 0.5) is 0 Å². The molecule has 1 N–H and O–H groups in total. The third kappa shape index (κ3) is 6.70. The van der Waals surface area contributed by atoms with Crippen LogP contribution in [0, 0.1) is 0 Å². The van der Waals surface area contributed by atoms with E-state index in [9.17, 15) is 0 Å². The predicted molar refractivity (Wildman–Crippen MR) is 112 cm³/mol. The molecule has 26 heavy (non-hydrogen) atoms. The smallest absolute Gasteiger partial charge is 0.193 e. The standard InChI is InChI=1S/C17H26N6O2.HI/c1-18-17(22(2)12-16-20-13-21-23(16)3)19-9-6-10-25-15-8-5-7-14(11-15)24-4;/h5,7-8,11,13H,6,9-10,12H2,1-4H3,(H,18,19);1H. The molecule has 0 aliphatic rings. The number of halogens is 1. The van der Waals surface area contributed by atoms with Gasteiger partial charge in [-0.3, -0.25) is 9.67 Å². The van der Waals surface area contributed by atoms with E-state index < -0.39 is 0 Å². The van der Waals surface area contributed by atoms with Crippen molar-refractivity contribution in [1.82, 2.24) is 25.0 Å². The van der Waals surface area contributed by atoms with Gasteiger partial charge in [0.25, 0.3) is 0 Å². The van der Waals surface area contributed by atoms with Gasteiger partial charge in [0, 0.05) is 33.8 Å². The Labute approximate surface area is 171 Å². The van der Waals surface area contributed by atoms with Crippen LogP contribution in [0.15, 0.2) is 35.6 Å². The van der Waals surface area contributed by atoms with E-state index in [4.69, 9.17) is 9.47 Å². The summed E-state index contributed by atoms with van der Waals surface area (Å²) in [6.45, 7) is 2.01. The van der Waals surface area contributed by atoms with Gasteiger partial charge in [0.05, 0.1) is 20.3 Å². The fourth-order valence-corrected chi connectivity index (χ4v) is 2.29. The van der Waals surface area contributed by atoms with Crippen LogP contribution in [0.3, 0.4) is 0 Å². The molecule has 9 heteroatoms. The molecule has 0 unspecified atom stereocenters. The molecule has 0 amide bonds. The number of ether oxygens (including phenoxy) is 2. The first kappa shape index (κ1) is 22.0. The number of aryl methyl sites for hydroxylation is 1. The van der Waals surface area contributed by atoms with Crippen molar-refractivity contribution < 1.29 is 9.47 Å². The molecule has 1 aromatic carbocycles. The number of hydrogen-bond acceptors (Lipinski definition) is 5. The zero-order chi connectivity index (χ0) is 18.1. The molecule has 0 aliphatic heterocycles. The van der Waals surface area contributed by atoms with Crippen LogP contribution in [0.2, 0.25) is 0 Å². The van der Waals surface area contributed by atoms with Crippen molar-refractivity contribution in [2.75, 3.05) is 34.4 Å². The van der Waals surface area contributed by atoms with Gasteiger partial charge < -0.3 is 19.7 Å². The Morgan fingerprint density at radius 2 is 2.12 bits per heavy atom. The van der Waals surface area contributed by atoms with Crippen molar-refractivity contribution in [2.24, 2.45) is 12.0 Å². The Bertz CT molecular complexity index is 691. The van der Waals surface area contributed by atoms with Crippen molar-refractivity contribution >= 4 is 29.9 Å². The maximum atomic E-state index is 5.73. The molecule has 0 saturated heterocycles. The maximum Gasteiger partial charge on any atom is 0.193 e. The number of aliphatic imine (C=N–C) groups is 1. The van der Waals surface area contributed by atoms with Crippen LogP contribution < -0.4 is 14.8 Å². The monoisotopic (exact) mass is 474 g/mol. The van der Waals surface area contributed by atoms with Gasteiger partial charge in [-0.2, -0.15) is 5.10 Å². The maximum absolute atomic E-state index is 5.73. The van der Waals surface area contributed by atoms with E-state index in [-0.39, 0.29) is 24.0 Å². The number of methoxy groups -OCH3 is 1. The van der Waals surface area contributed by atoms with Gasteiger partial charge in [-0.05, 0) is 18.6 Å². The van der Waals surface area contributed by atoms with Crippen molar-refractivity contribution in [2.45, 2.75) is 13.0 Å². The highest BCUT2D eigenvalue weighted by atomic mass is 127. The normalized spacial score (nSPS) is 10.8. The number of guanidine groups is 1. The second-order valence-corrected chi connectivity index (χ2v) is 5.51. The van der Waals surface area contributed by atoms with Crippen LogP contribution in [-0.4, -0.2) is 60.0 Å². The van der Waals surface area contributed by atoms with Crippen molar-refractivity contribution in [3.63, 3.8) is 0 Å². The van der Waals surface area contributed by atoms with Crippen molar-refractivity contribution in [1.29, 1.82) is 0 Å². The predicted octanol–water partition coefficient (Wildman–Crippen LogP) is 1.92. The van der Waals surface area contributed by atoms with E-state index in [0.717, 1.165) is 36.2 Å². The molecule has 0 atom stereocenters. The molecular weight excluding hydrogens is 447 g/mol. The molecule has 0 fully saturated rings. The Morgan fingerprint density at radius 1 is 1.35 bits per heavy atom. The summed E-state index contributed by atoms with van der Waals surface area (Å²) in [6.07, 6.45) is 2.41. The zero-order valence-electron chi connectivity index (χ0n) is 15.7. The summed E-state index contributed by atoms with van der Waals surface area (Å²) in [4.78, 5) is 10.5. The third-order valence-electron chi connectivity index (χ3n) is 3.67. The Morgan fingerprint density at radius 3 is 2.77 bits per heavy atom. The average molecular weight is 474 g/mol. The van der Waals surface area contributed by atoms with Crippen molar-refractivity contribution in [3.8, 4) is 11.5 Å². The molecule has 0 radical (unpaired) electrons. The summed E-state index contributed by atoms with van der Waals surface area (Å²) in [6, 6.07) is 7.60. The average Bonchev–Trinajstić information content (AvgIpc) is 3.03. The highest BCUT2D eigenvalue weighted by Gasteiger charge is 2.09. The second kappa shape index (κ2) is 11.6. The van der Waals surface area contributed by atoms with Crippen LogP contribution in [-0.2, 0) is 13.6 Å². The van der Waals surface area contributed by atoms with Gasteiger partial charge in [0.2, 0.25) is 0 Å². The topological polar surface area (TPSA) is 76.8 Å². The van der Waals surface area contributed by atoms with Gasteiger partial charge >= 0.3 is 0 Å². The minimum absolute atomic E-state index is 0. The first-order chi connectivity index (χ1) is 12.1. The van der Waals surface area contributed by atoms with E-state index in [2.05, 4.69) is 20.4 Å². The third-order valence-corrected chi connectivity index (χ3v) is 3.67. The van der Waals surface area contributed by atoms with Crippen LogP contribution in [0.5, 0.6) is 11.5 Å². The first-order valence-corrected chi connectivity index (χ1v) is 8.15. The van der Waals surface area contributed by atoms with Gasteiger partial charge in [-0.15, -0.1) is 24.0 Å². The van der Waals surface area contributed by atoms with Crippen LogP contribution >= 0.6 is 24.0 Å². The highest BCUT2D eigenvalue weighted by molar-refractivity contribution is 14.0. The molecule has 0 spiro atoms. The van der Waals surface area contributed by atoms with Gasteiger partial charge in [0.15, 0.2) is 5.96 Å². The fourth-order valence-electron chi connectivity index (χ4n) is 2.29. The van der Waals surface area contributed by atoms with Crippen LogP contribution in [0.1, 0.15) is 12.2 Å². The van der Waals surface area contributed by atoms with E-state index in [0.29, 0.717) is 13.2 Å². The molecule has 8 nitrogen and oxygen atoms in total. The number of benzene rings is 1. The lowest BCUT2D eigenvalue weighted by atomic mass is 10.3. The van der Waals surface area contributed by atoms with Gasteiger partial charge in [-0.25, -0.2) is 4.98 Å². The number of nitrogens with zero attached hydrogens (tertiary/aromatic N) is 5.